The normalized spacial score (nSPS) is 16.3. The Morgan fingerprint density at radius 3 is 2.16 bits per heavy atom. The van der Waals surface area contributed by atoms with Crippen molar-refractivity contribution in [2.75, 3.05) is 62.8 Å². The molecular formula is C48H59N7O7Si. The number of fused-ring (bicyclic) bond motifs is 4. The van der Waals surface area contributed by atoms with Crippen LogP contribution in [0.1, 0.15) is 50.7 Å². The molecule has 4 heterocycles. The number of amides is 3. The zero-order valence-corrected chi connectivity index (χ0v) is 38.2. The third-order valence-electron chi connectivity index (χ3n) is 12.0. The number of carbonyl (C=O) groups is 3. The Bertz CT molecular complexity index is 2400. The lowest BCUT2D eigenvalue weighted by atomic mass is 9.86. The van der Waals surface area contributed by atoms with Gasteiger partial charge in [-0.05, 0) is 85.7 Å². The maximum Gasteiger partial charge on any atom is 0.410 e. The fourth-order valence-electron chi connectivity index (χ4n) is 8.59. The Morgan fingerprint density at radius 2 is 1.52 bits per heavy atom. The molecule has 3 amide bonds. The van der Waals surface area contributed by atoms with Crippen LogP contribution in [0.2, 0.25) is 25.7 Å². The molecule has 14 nitrogen and oxygen atoms in total. The van der Waals surface area contributed by atoms with E-state index in [1.54, 1.807) is 11.2 Å². The molecule has 0 unspecified atom stereocenters. The first-order valence-electron chi connectivity index (χ1n) is 22.0. The van der Waals surface area contributed by atoms with Gasteiger partial charge in [0.1, 0.15) is 42.3 Å². The van der Waals surface area contributed by atoms with E-state index in [-0.39, 0.29) is 38.5 Å². The second-order valence-corrected chi connectivity index (χ2v) is 24.5. The fraction of sp³-hybridized carbons (Fsp3) is 0.438. The SMILES string of the molecule is CC(C)(C)OC(=O)N1CCC(NC(=O)OCC2c3ccccc3-c3ccccc32)(C(=O)Nc2ccc(-c3cc4c(N5CCOCC5)ncnc4n3COCC[Si](C)(C)C)cc2)CC1. The van der Waals surface area contributed by atoms with Crippen LogP contribution in [-0.2, 0) is 30.5 Å². The van der Waals surface area contributed by atoms with Gasteiger partial charge in [-0.3, -0.25) is 4.79 Å². The van der Waals surface area contributed by atoms with Gasteiger partial charge in [0.05, 0.1) is 24.3 Å². The van der Waals surface area contributed by atoms with Gasteiger partial charge in [0.2, 0.25) is 5.91 Å². The summed E-state index contributed by atoms with van der Waals surface area (Å²) >= 11 is 0. The summed E-state index contributed by atoms with van der Waals surface area (Å²) in [4.78, 5) is 54.6. The molecule has 8 rings (SSSR count). The Morgan fingerprint density at radius 1 is 0.873 bits per heavy atom. The number of likely N-dealkylation sites (tertiary alicyclic amines) is 1. The number of aromatic nitrogens is 3. The molecule has 63 heavy (non-hydrogen) atoms. The minimum absolute atomic E-state index is 0.0999. The van der Waals surface area contributed by atoms with Gasteiger partial charge < -0.3 is 43.9 Å². The third-order valence-corrected chi connectivity index (χ3v) is 13.7. The third kappa shape index (κ3) is 9.90. The number of carbonyl (C=O) groups excluding carboxylic acids is 3. The van der Waals surface area contributed by atoms with Gasteiger partial charge >= 0.3 is 12.2 Å². The molecule has 0 bridgehead atoms. The monoisotopic (exact) mass is 873 g/mol. The number of morpholine rings is 1. The number of nitrogens with zero attached hydrogens (tertiary/aromatic N) is 5. The number of alkyl carbamates (subject to hydrolysis) is 1. The number of hydrogen-bond acceptors (Lipinski definition) is 10. The predicted molar refractivity (Wildman–Crippen MR) is 247 cm³/mol. The first-order valence-corrected chi connectivity index (χ1v) is 25.7. The number of rotatable bonds is 12. The standard InChI is InChI=1S/C48H59N7O7Si/c1-47(2,3)62-46(58)54-21-19-48(20-22-54,52-45(57)61-30-40-37-13-9-7-11-35(37)36-12-8-10-14-38(36)40)44(56)51-34-17-15-33(16-18-34)41-29-39-42(53-23-25-59-26-24-53)49-31-50-43(39)55(41)32-60-27-28-63(4,5)6/h7-18,29,31,40H,19-28,30,32H2,1-6H3,(H,51,56)(H,52,57). The maximum atomic E-state index is 14.5. The summed E-state index contributed by atoms with van der Waals surface area (Å²) < 4.78 is 25.6. The quantitative estimate of drug-likeness (QED) is 0.0924. The topological polar surface area (TPSA) is 149 Å². The molecule has 3 aromatic carbocycles. The van der Waals surface area contributed by atoms with E-state index >= 15 is 0 Å². The van der Waals surface area contributed by atoms with Crippen LogP contribution in [-0.4, -0.2) is 109 Å². The fourth-order valence-corrected chi connectivity index (χ4v) is 9.35. The van der Waals surface area contributed by atoms with Crippen LogP contribution in [0.3, 0.4) is 0 Å². The highest BCUT2D eigenvalue weighted by molar-refractivity contribution is 6.76. The van der Waals surface area contributed by atoms with Crippen molar-refractivity contribution in [1.82, 2.24) is 24.8 Å². The Balaban J connectivity index is 1.02. The average molecular weight is 874 g/mol. The van der Waals surface area contributed by atoms with E-state index in [1.807, 2.05) is 69.3 Å². The minimum atomic E-state index is -1.37. The van der Waals surface area contributed by atoms with Crippen molar-refractivity contribution in [3.63, 3.8) is 0 Å². The minimum Gasteiger partial charge on any atom is -0.449 e. The van der Waals surface area contributed by atoms with Crippen molar-refractivity contribution in [1.29, 1.82) is 0 Å². The van der Waals surface area contributed by atoms with Crippen molar-refractivity contribution < 1.29 is 33.3 Å². The summed E-state index contributed by atoms with van der Waals surface area (Å²) in [6, 6.07) is 27.1. The van der Waals surface area contributed by atoms with E-state index < -0.39 is 37.3 Å². The van der Waals surface area contributed by atoms with Crippen LogP contribution < -0.4 is 15.5 Å². The summed E-state index contributed by atoms with van der Waals surface area (Å²) in [5.74, 6) is 0.318. The van der Waals surface area contributed by atoms with E-state index in [9.17, 15) is 14.4 Å². The molecule has 2 saturated heterocycles. The maximum absolute atomic E-state index is 14.5. The molecule has 0 spiro atoms. The Hall–Kier alpha value is -5.77. The van der Waals surface area contributed by atoms with E-state index in [0.29, 0.717) is 32.2 Å². The highest BCUT2D eigenvalue weighted by atomic mass is 28.3. The summed E-state index contributed by atoms with van der Waals surface area (Å²) in [6.45, 7) is 16.7. The van der Waals surface area contributed by atoms with Crippen molar-refractivity contribution in [3.8, 4) is 22.4 Å². The summed E-state index contributed by atoms with van der Waals surface area (Å²) in [7, 11) is -1.31. The smallest absolute Gasteiger partial charge is 0.410 e. The van der Waals surface area contributed by atoms with Gasteiger partial charge in [-0.15, -0.1) is 0 Å². The first kappa shape index (κ1) is 43.9. The molecule has 2 aliphatic heterocycles. The number of benzene rings is 3. The molecule has 2 N–H and O–H groups in total. The van der Waals surface area contributed by atoms with Gasteiger partial charge in [0.15, 0.2) is 0 Å². The zero-order chi connectivity index (χ0) is 44.4. The van der Waals surface area contributed by atoms with Crippen LogP contribution in [0.5, 0.6) is 0 Å². The summed E-state index contributed by atoms with van der Waals surface area (Å²) in [5, 5.41) is 6.98. The van der Waals surface area contributed by atoms with Gasteiger partial charge in [0, 0.05) is 52.5 Å². The molecule has 0 saturated carbocycles. The second kappa shape index (κ2) is 18.1. The van der Waals surface area contributed by atoms with Crippen molar-refractivity contribution >= 4 is 48.7 Å². The van der Waals surface area contributed by atoms with Crippen molar-refractivity contribution in [2.24, 2.45) is 0 Å². The molecule has 332 valence electrons. The first-order chi connectivity index (χ1) is 30.2. The Kier molecular flexibility index (Phi) is 12.6. The summed E-state index contributed by atoms with van der Waals surface area (Å²) in [5.41, 5.74) is 5.53. The molecular weight excluding hydrogens is 815 g/mol. The van der Waals surface area contributed by atoms with Crippen molar-refractivity contribution in [3.05, 3.63) is 96.3 Å². The molecule has 2 fully saturated rings. The average Bonchev–Trinajstić information content (AvgIpc) is 3.80. The molecule has 0 atom stereocenters. The molecule has 3 aliphatic rings. The largest absolute Gasteiger partial charge is 0.449 e. The number of piperidine rings is 1. The van der Waals surface area contributed by atoms with Crippen molar-refractivity contribution in [2.45, 2.75) is 83.1 Å². The van der Waals surface area contributed by atoms with Crippen LogP contribution in [0.25, 0.3) is 33.4 Å². The number of anilines is 2. The lowest BCUT2D eigenvalue weighted by molar-refractivity contribution is -0.124. The van der Waals surface area contributed by atoms with Gasteiger partial charge in [-0.2, -0.15) is 0 Å². The Labute approximate surface area is 370 Å². The number of ether oxygens (including phenoxy) is 4. The van der Waals surface area contributed by atoms with Gasteiger partial charge in [0.25, 0.3) is 0 Å². The molecule has 15 heteroatoms. The van der Waals surface area contributed by atoms with Crippen LogP contribution >= 0.6 is 0 Å². The lowest BCUT2D eigenvalue weighted by Gasteiger charge is -2.41. The highest BCUT2D eigenvalue weighted by Gasteiger charge is 2.45. The van der Waals surface area contributed by atoms with Crippen LogP contribution in [0.15, 0.2) is 85.2 Å². The molecule has 0 radical (unpaired) electrons. The zero-order valence-electron chi connectivity index (χ0n) is 37.2. The number of nitrogens with one attached hydrogen (secondary N) is 2. The molecule has 2 aromatic heterocycles. The second-order valence-electron chi connectivity index (χ2n) is 18.9. The molecule has 5 aromatic rings. The number of hydrogen-bond donors (Lipinski definition) is 2. The van der Waals surface area contributed by atoms with Crippen LogP contribution in [0, 0.1) is 0 Å². The lowest BCUT2D eigenvalue weighted by Crippen LogP contribution is -2.62. The van der Waals surface area contributed by atoms with E-state index in [1.165, 1.54) is 0 Å². The van der Waals surface area contributed by atoms with E-state index in [4.69, 9.17) is 28.9 Å². The van der Waals surface area contributed by atoms with E-state index in [2.05, 4.69) is 70.1 Å². The highest BCUT2D eigenvalue weighted by Crippen LogP contribution is 2.44. The van der Waals surface area contributed by atoms with Crippen LogP contribution in [0.4, 0.5) is 21.1 Å². The van der Waals surface area contributed by atoms with E-state index in [0.717, 1.165) is 69.5 Å². The van der Waals surface area contributed by atoms with Gasteiger partial charge in [-0.25, -0.2) is 19.6 Å². The predicted octanol–water partition coefficient (Wildman–Crippen LogP) is 8.49. The van der Waals surface area contributed by atoms with Gasteiger partial charge in [-0.1, -0.05) is 80.3 Å². The summed E-state index contributed by atoms with van der Waals surface area (Å²) in [6.07, 6.45) is 0.760. The molecule has 1 aliphatic carbocycles.